The fraction of sp³-hybridized carbons (Fsp3) is 0.522. The molecule has 0 radical (unpaired) electrons. The van der Waals surface area contributed by atoms with Crippen molar-refractivity contribution in [2.24, 2.45) is 11.3 Å². The summed E-state index contributed by atoms with van der Waals surface area (Å²) in [5, 5.41) is 0. The molecule has 4 nitrogen and oxygen atoms in total. The highest BCUT2D eigenvalue weighted by Crippen LogP contribution is 2.67. The molecule has 0 spiro atoms. The second-order valence-corrected chi connectivity index (χ2v) is 8.13. The number of ether oxygens (including phenoxy) is 2. The van der Waals surface area contributed by atoms with E-state index < -0.39 is 0 Å². The molecular weight excluding hydrogens is 338 g/mol. The number of likely N-dealkylation sites (N-methyl/N-ethyl adjacent to an activating group) is 1. The molecule has 3 aliphatic carbocycles. The third kappa shape index (κ3) is 2.42. The third-order valence-corrected chi connectivity index (χ3v) is 6.79. The Morgan fingerprint density at radius 3 is 2.56 bits per heavy atom. The molecule has 0 aromatic heterocycles. The van der Waals surface area contributed by atoms with Crippen molar-refractivity contribution in [3.8, 4) is 0 Å². The summed E-state index contributed by atoms with van der Waals surface area (Å²) in [6, 6.07) is 7.85. The Kier molecular flexibility index (Phi) is 4.42. The number of rotatable bonds is 5. The van der Waals surface area contributed by atoms with Gasteiger partial charge in [-0.2, -0.15) is 0 Å². The van der Waals surface area contributed by atoms with Gasteiger partial charge in [0.1, 0.15) is 5.76 Å². The van der Waals surface area contributed by atoms with Crippen LogP contribution in [0.15, 0.2) is 42.2 Å². The van der Waals surface area contributed by atoms with Gasteiger partial charge in [-0.3, -0.25) is 4.90 Å². The van der Waals surface area contributed by atoms with Gasteiger partial charge >= 0.3 is 5.97 Å². The van der Waals surface area contributed by atoms with Gasteiger partial charge in [0.15, 0.2) is 0 Å². The standard InChI is InChI=1S/C23H29NO3/c1-5-27-20-15-23(24(2)3)18(14-22(20)13-7-6-8-19(22)23)16-9-11-17(12-10-16)21(25)26-4/h9-12,14-15,19H,5-8,13H2,1-4H3/t19-,22-,23-/m0/s1. The summed E-state index contributed by atoms with van der Waals surface area (Å²) in [4.78, 5) is 14.2. The summed E-state index contributed by atoms with van der Waals surface area (Å²) in [5.74, 6) is 1.39. The predicted molar refractivity (Wildman–Crippen MR) is 106 cm³/mol. The van der Waals surface area contributed by atoms with Crippen LogP contribution < -0.4 is 0 Å². The summed E-state index contributed by atoms with van der Waals surface area (Å²) in [6.07, 6.45) is 9.76. The van der Waals surface area contributed by atoms with Crippen LogP contribution in [0.5, 0.6) is 0 Å². The van der Waals surface area contributed by atoms with Gasteiger partial charge in [-0.1, -0.05) is 31.1 Å². The number of hydrogen-bond donors (Lipinski definition) is 0. The van der Waals surface area contributed by atoms with Gasteiger partial charge < -0.3 is 9.47 Å². The van der Waals surface area contributed by atoms with E-state index in [1.807, 2.05) is 12.1 Å². The smallest absolute Gasteiger partial charge is 0.337 e. The molecule has 1 aromatic rings. The number of allylic oxidation sites excluding steroid dienone is 1. The van der Waals surface area contributed by atoms with Gasteiger partial charge in [0.2, 0.25) is 0 Å². The summed E-state index contributed by atoms with van der Waals surface area (Å²) in [6.45, 7) is 2.78. The van der Waals surface area contributed by atoms with Crippen molar-refractivity contribution in [3.05, 3.63) is 53.3 Å². The van der Waals surface area contributed by atoms with Gasteiger partial charge in [0, 0.05) is 5.92 Å². The molecule has 0 amide bonds. The van der Waals surface area contributed by atoms with Gasteiger partial charge in [-0.25, -0.2) is 4.79 Å². The lowest BCUT2D eigenvalue weighted by molar-refractivity contribution is 0.0600. The molecule has 27 heavy (non-hydrogen) atoms. The second kappa shape index (κ2) is 6.52. The highest BCUT2D eigenvalue weighted by Gasteiger charge is 2.65. The molecule has 0 heterocycles. The Bertz CT molecular complexity index is 807. The van der Waals surface area contributed by atoms with Crippen LogP contribution in [0.25, 0.3) is 5.57 Å². The zero-order chi connectivity index (χ0) is 19.2. The molecule has 3 atom stereocenters. The summed E-state index contributed by atoms with van der Waals surface area (Å²) < 4.78 is 11.0. The first-order valence-corrected chi connectivity index (χ1v) is 9.95. The fourth-order valence-corrected chi connectivity index (χ4v) is 5.65. The largest absolute Gasteiger partial charge is 0.498 e. The summed E-state index contributed by atoms with van der Waals surface area (Å²) in [7, 11) is 5.76. The molecule has 2 bridgehead atoms. The lowest BCUT2D eigenvalue weighted by Crippen LogP contribution is -2.48. The average Bonchev–Trinajstić information content (AvgIpc) is 3.15. The van der Waals surface area contributed by atoms with Crippen molar-refractivity contribution in [3.63, 3.8) is 0 Å². The molecule has 0 N–H and O–H groups in total. The Hall–Kier alpha value is -2.07. The van der Waals surface area contributed by atoms with Crippen LogP contribution in [0, 0.1) is 11.3 Å². The van der Waals surface area contributed by atoms with E-state index in [4.69, 9.17) is 9.47 Å². The number of hydrogen-bond acceptors (Lipinski definition) is 4. The number of esters is 1. The first-order chi connectivity index (χ1) is 13.0. The molecule has 4 rings (SSSR count). The van der Waals surface area contributed by atoms with Crippen LogP contribution >= 0.6 is 0 Å². The molecule has 0 aliphatic heterocycles. The molecule has 144 valence electrons. The molecule has 1 fully saturated rings. The van der Waals surface area contributed by atoms with Gasteiger partial charge in [0.05, 0.1) is 30.2 Å². The number of benzene rings is 1. The van der Waals surface area contributed by atoms with E-state index in [0.717, 1.165) is 6.42 Å². The van der Waals surface area contributed by atoms with E-state index in [9.17, 15) is 4.79 Å². The zero-order valence-electron chi connectivity index (χ0n) is 16.7. The maximum Gasteiger partial charge on any atom is 0.337 e. The average molecular weight is 367 g/mol. The highest BCUT2D eigenvalue weighted by atomic mass is 16.5. The summed E-state index contributed by atoms with van der Waals surface area (Å²) in [5.41, 5.74) is 2.99. The second-order valence-electron chi connectivity index (χ2n) is 8.13. The quantitative estimate of drug-likeness (QED) is 0.728. The molecule has 0 unspecified atom stereocenters. The van der Waals surface area contributed by atoms with Gasteiger partial charge in [-0.05, 0) is 63.2 Å². The van der Waals surface area contributed by atoms with E-state index in [0.29, 0.717) is 18.1 Å². The van der Waals surface area contributed by atoms with Crippen LogP contribution in [-0.4, -0.2) is 44.2 Å². The van der Waals surface area contributed by atoms with Crippen LogP contribution in [0.2, 0.25) is 0 Å². The number of carbonyl (C=O) groups is 1. The van der Waals surface area contributed by atoms with E-state index in [1.54, 1.807) is 0 Å². The van der Waals surface area contributed by atoms with E-state index in [2.05, 4.69) is 50.2 Å². The van der Waals surface area contributed by atoms with Crippen LogP contribution in [0.3, 0.4) is 0 Å². The molecule has 3 aliphatic rings. The molecular formula is C23H29NO3. The van der Waals surface area contributed by atoms with Crippen molar-refractivity contribution in [2.45, 2.75) is 38.1 Å². The van der Waals surface area contributed by atoms with Crippen molar-refractivity contribution < 1.29 is 14.3 Å². The zero-order valence-corrected chi connectivity index (χ0v) is 16.7. The lowest BCUT2D eigenvalue weighted by atomic mass is 9.67. The lowest BCUT2D eigenvalue weighted by Gasteiger charge is -2.43. The monoisotopic (exact) mass is 367 g/mol. The van der Waals surface area contributed by atoms with E-state index in [-0.39, 0.29) is 16.9 Å². The fourth-order valence-electron chi connectivity index (χ4n) is 5.65. The minimum absolute atomic E-state index is 0.0227. The molecule has 4 heteroatoms. The minimum atomic E-state index is -0.295. The SMILES string of the molecule is CCOC1=C[C@]2(N(C)C)C(c3ccc(C(=O)OC)cc3)=C[C@]13CCCC[C@@H]32. The number of methoxy groups -OCH3 is 1. The van der Waals surface area contributed by atoms with Crippen LogP contribution in [0.4, 0.5) is 0 Å². The summed E-state index contributed by atoms with van der Waals surface area (Å²) >= 11 is 0. The van der Waals surface area contributed by atoms with Crippen molar-refractivity contribution in [1.82, 2.24) is 4.90 Å². The topological polar surface area (TPSA) is 38.8 Å². The Morgan fingerprint density at radius 2 is 1.93 bits per heavy atom. The van der Waals surface area contributed by atoms with Crippen molar-refractivity contribution in [2.75, 3.05) is 27.8 Å². The highest BCUT2D eigenvalue weighted by molar-refractivity contribution is 5.90. The first kappa shape index (κ1) is 18.3. The molecule has 1 aromatic carbocycles. The Labute approximate surface area is 161 Å². The van der Waals surface area contributed by atoms with Crippen LogP contribution in [0.1, 0.15) is 48.5 Å². The van der Waals surface area contributed by atoms with Gasteiger partial charge in [0.25, 0.3) is 0 Å². The number of carbonyl (C=O) groups excluding carboxylic acids is 1. The number of nitrogens with zero attached hydrogens (tertiary/aromatic N) is 1. The molecule has 1 saturated carbocycles. The van der Waals surface area contributed by atoms with Gasteiger partial charge in [-0.15, -0.1) is 0 Å². The van der Waals surface area contributed by atoms with E-state index in [1.165, 1.54) is 43.3 Å². The van der Waals surface area contributed by atoms with Crippen LogP contribution in [-0.2, 0) is 9.47 Å². The molecule has 0 saturated heterocycles. The predicted octanol–water partition coefficient (Wildman–Crippen LogP) is 4.28. The first-order valence-electron chi connectivity index (χ1n) is 9.95. The minimum Gasteiger partial charge on any atom is -0.498 e. The van der Waals surface area contributed by atoms with Crippen molar-refractivity contribution >= 4 is 11.5 Å². The maximum absolute atomic E-state index is 11.8. The normalized spacial score (nSPS) is 31.4. The maximum atomic E-state index is 11.8. The third-order valence-electron chi connectivity index (χ3n) is 6.79. The van der Waals surface area contributed by atoms with E-state index >= 15 is 0 Å². The Morgan fingerprint density at radius 1 is 1.19 bits per heavy atom. The van der Waals surface area contributed by atoms with Crippen molar-refractivity contribution in [1.29, 1.82) is 0 Å². The Balaban J connectivity index is 1.81.